The van der Waals surface area contributed by atoms with Gasteiger partial charge in [-0.15, -0.1) is 0 Å². The molecule has 4 nitrogen and oxygen atoms in total. The SMILES string of the molecule is CCOc1ccc(NC(=O)C2(c3cccc(C)c3)CCOCC2)cc1C. The van der Waals surface area contributed by atoms with Crippen LogP contribution in [-0.4, -0.2) is 25.7 Å². The highest BCUT2D eigenvalue weighted by Gasteiger charge is 2.41. The smallest absolute Gasteiger partial charge is 0.235 e. The fraction of sp³-hybridized carbons (Fsp3) is 0.409. The molecule has 4 heteroatoms. The van der Waals surface area contributed by atoms with Gasteiger partial charge in [0.2, 0.25) is 5.91 Å². The zero-order chi connectivity index (χ0) is 18.6. The molecule has 2 aromatic rings. The van der Waals surface area contributed by atoms with Crippen molar-refractivity contribution in [2.24, 2.45) is 0 Å². The summed E-state index contributed by atoms with van der Waals surface area (Å²) < 4.78 is 11.1. The van der Waals surface area contributed by atoms with Crippen molar-refractivity contribution in [3.63, 3.8) is 0 Å². The van der Waals surface area contributed by atoms with Crippen molar-refractivity contribution < 1.29 is 14.3 Å². The number of anilines is 1. The second-order valence-electron chi connectivity index (χ2n) is 6.93. The number of hydrogen-bond donors (Lipinski definition) is 1. The second kappa shape index (κ2) is 7.92. The second-order valence-corrected chi connectivity index (χ2v) is 6.93. The normalized spacial score (nSPS) is 16.1. The molecule has 0 aromatic heterocycles. The largest absolute Gasteiger partial charge is 0.494 e. The first kappa shape index (κ1) is 18.5. The molecule has 1 heterocycles. The van der Waals surface area contributed by atoms with Crippen LogP contribution in [-0.2, 0) is 14.9 Å². The number of ether oxygens (including phenoxy) is 2. The van der Waals surface area contributed by atoms with E-state index >= 15 is 0 Å². The Kier molecular flexibility index (Phi) is 5.62. The number of rotatable bonds is 5. The van der Waals surface area contributed by atoms with Crippen LogP contribution in [0.3, 0.4) is 0 Å². The van der Waals surface area contributed by atoms with Crippen LogP contribution in [0.4, 0.5) is 5.69 Å². The fourth-order valence-electron chi connectivity index (χ4n) is 3.60. The first-order valence-corrected chi connectivity index (χ1v) is 9.25. The molecule has 26 heavy (non-hydrogen) atoms. The third-order valence-corrected chi connectivity index (χ3v) is 5.08. The van der Waals surface area contributed by atoms with Crippen LogP contribution in [0.5, 0.6) is 5.75 Å². The predicted octanol–water partition coefficient (Wildman–Crippen LogP) is 4.39. The average Bonchev–Trinajstić information content (AvgIpc) is 2.64. The molecule has 2 aromatic carbocycles. The van der Waals surface area contributed by atoms with E-state index in [1.165, 1.54) is 0 Å². The maximum absolute atomic E-state index is 13.3. The van der Waals surface area contributed by atoms with Crippen LogP contribution in [0.1, 0.15) is 36.5 Å². The van der Waals surface area contributed by atoms with Gasteiger partial charge in [-0.3, -0.25) is 4.79 Å². The lowest BCUT2D eigenvalue weighted by Crippen LogP contribution is -2.44. The van der Waals surface area contributed by atoms with Crippen LogP contribution in [0.25, 0.3) is 0 Å². The molecule has 0 spiro atoms. The summed E-state index contributed by atoms with van der Waals surface area (Å²) >= 11 is 0. The fourth-order valence-corrected chi connectivity index (χ4v) is 3.60. The maximum atomic E-state index is 13.3. The van der Waals surface area contributed by atoms with Crippen LogP contribution in [0.15, 0.2) is 42.5 Å². The van der Waals surface area contributed by atoms with E-state index in [0.29, 0.717) is 32.7 Å². The van der Waals surface area contributed by atoms with Gasteiger partial charge in [-0.1, -0.05) is 29.8 Å². The monoisotopic (exact) mass is 353 g/mol. The van der Waals surface area contributed by atoms with Gasteiger partial charge in [-0.05, 0) is 62.9 Å². The van der Waals surface area contributed by atoms with Crippen molar-refractivity contribution in [2.45, 2.75) is 39.0 Å². The number of nitrogens with one attached hydrogen (secondary N) is 1. The molecule has 1 aliphatic rings. The van der Waals surface area contributed by atoms with Gasteiger partial charge < -0.3 is 14.8 Å². The first-order valence-electron chi connectivity index (χ1n) is 9.25. The standard InChI is InChI=1S/C22H27NO3/c1-4-26-20-9-8-19(15-17(20)3)23-21(24)22(10-12-25-13-11-22)18-7-5-6-16(2)14-18/h5-9,14-15H,4,10-13H2,1-3H3,(H,23,24). The van der Waals surface area contributed by atoms with Crippen molar-refractivity contribution >= 4 is 11.6 Å². The Labute approximate surface area is 155 Å². The Morgan fingerprint density at radius 1 is 1.15 bits per heavy atom. The van der Waals surface area contributed by atoms with Crippen molar-refractivity contribution in [3.05, 3.63) is 59.2 Å². The zero-order valence-electron chi connectivity index (χ0n) is 15.8. The van der Waals surface area contributed by atoms with E-state index in [0.717, 1.165) is 28.1 Å². The van der Waals surface area contributed by atoms with Gasteiger partial charge in [0.15, 0.2) is 0 Å². The van der Waals surface area contributed by atoms with E-state index in [1.807, 2.05) is 38.1 Å². The summed E-state index contributed by atoms with van der Waals surface area (Å²) in [5.74, 6) is 0.889. The van der Waals surface area contributed by atoms with Gasteiger partial charge in [0.1, 0.15) is 5.75 Å². The molecule has 1 N–H and O–H groups in total. The highest BCUT2D eigenvalue weighted by atomic mass is 16.5. The van der Waals surface area contributed by atoms with Crippen LogP contribution >= 0.6 is 0 Å². The van der Waals surface area contributed by atoms with Crippen molar-refractivity contribution in [3.8, 4) is 5.75 Å². The molecule has 138 valence electrons. The van der Waals surface area contributed by atoms with Gasteiger partial charge in [0, 0.05) is 18.9 Å². The highest BCUT2D eigenvalue weighted by Crippen LogP contribution is 2.37. The molecule has 0 atom stereocenters. The Morgan fingerprint density at radius 3 is 2.58 bits per heavy atom. The van der Waals surface area contributed by atoms with E-state index in [4.69, 9.17) is 9.47 Å². The number of hydrogen-bond acceptors (Lipinski definition) is 3. The molecule has 1 saturated heterocycles. The quantitative estimate of drug-likeness (QED) is 0.867. The third kappa shape index (κ3) is 3.75. The van der Waals surface area contributed by atoms with Gasteiger partial charge in [0.25, 0.3) is 0 Å². The Balaban J connectivity index is 1.88. The Morgan fingerprint density at radius 2 is 1.92 bits per heavy atom. The third-order valence-electron chi connectivity index (χ3n) is 5.08. The average molecular weight is 353 g/mol. The van der Waals surface area contributed by atoms with Crippen molar-refractivity contribution in [1.82, 2.24) is 0 Å². The summed E-state index contributed by atoms with van der Waals surface area (Å²) in [4.78, 5) is 13.3. The summed E-state index contributed by atoms with van der Waals surface area (Å²) in [5.41, 5.74) is 3.51. The minimum absolute atomic E-state index is 0.0370. The minimum Gasteiger partial charge on any atom is -0.494 e. The van der Waals surface area contributed by atoms with Crippen LogP contribution in [0.2, 0.25) is 0 Å². The van der Waals surface area contributed by atoms with E-state index in [-0.39, 0.29) is 5.91 Å². The molecule has 0 aliphatic carbocycles. The number of amides is 1. The highest BCUT2D eigenvalue weighted by molar-refractivity contribution is 5.99. The maximum Gasteiger partial charge on any atom is 0.235 e. The molecule has 0 unspecified atom stereocenters. The van der Waals surface area contributed by atoms with Crippen LogP contribution < -0.4 is 10.1 Å². The Hall–Kier alpha value is -2.33. The van der Waals surface area contributed by atoms with E-state index in [9.17, 15) is 4.79 Å². The lowest BCUT2D eigenvalue weighted by Gasteiger charge is -2.36. The number of aryl methyl sites for hydroxylation is 2. The first-order chi connectivity index (χ1) is 12.5. The molecular formula is C22H27NO3. The molecular weight excluding hydrogens is 326 g/mol. The van der Waals surface area contributed by atoms with E-state index < -0.39 is 5.41 Å². The number of benzene rings is 2. The topological polar surface area (TPSA) is 47.6 Å². The van der Waals surface area contributed by atoms with Gasteiger partial charge >= 0.3 is 0 Å². The molecule has 0 saturated carbocycles. The minimum atomic E-state index is -0.545. The molecule has 0 radical (unpaired) electrons. The van der Waals surface area contributed by atoms with Crippen LogP contribution in [0, 0.1) is 13.8 Å². The summed E-state index contributed by atoms with van der Waals surface area (Å²) in [5, 5.41) is 3.13. The number of carbonyl (C=O) groups excluding carboxylic acids is 1. The molecule has 1 amide bonds. The van der Waals surface area contributed by atoms with Gasteiger partial charge in [-0.25, -0.2) is 0 Å². The van der Waals surface area contributed by atoms with E-state index in [1.54, 1.807) is 0 Å². The van der Waals surface area contributed by atoms with Crippen molar-refractivity contribution in [2.75, 3.05) is 25.1 Å². The lowest BCUT2D eigenvalue weighted by molar-refractivity contribution is -0.125. The number of carbonyl (C=O) groups is 1. The Bertz CT molecular complexity index is 779. The summed E-state index contributed by atoms with van der Waals surface area (Å²) in [6.45, 7) is 7.85. The lowest BCUT2D eigenvalue weighted by atomic mass is 9.73. The summed E-state index contributed by atoms with van der Waals surface area (Å²) in [6, 6.07) is 14.0. The molecule has 1 aliphatic heterocycles. The molecule has 1 fully saturated rings. The molecule has 0 bridgehead atoms. The summed E-state index contributed by atoms with van der Waals surface area (Å²) in [6.07, 6.45) is 1.39. The predicted molar refractivity (Wildman–Crippen MR) is 104 cm³/mol. The van der Waals surface area contributed by atoms with Gasteiger partial charge in [-0.2, -0.15) is 0 Å². The zero-order valence-corrected chi connectivity index (χ0v) is 15.8. The van der Waals surface area contributed by atoms with Gasteiger partial charge in [0.05, 0.1) is 12.0 Å². The molecule has 3 rings (SSSR count). The summed E-state index contributed by atoms with van der Waals surface area (Å²) in [7, 11) is 0. The van der Waals surface area contributed by atoms with E-state index in [2.05, 4.69) is 30.4 Å². The van der Waals surface area contributed by atoms with Crippen molar-refractivity contribution in [1.29, 1.82) is 0 Å².